The highest BCUT2D eigenvalue weighted by Gasteiger charge is 2.23. The minimum Gasteiger partial charge on any atom is -0.0616 e. The summed E-state index contributed by atoms with van der Waals surface area (Å²) in [6, 6.07) is 13.3. The van der Waals surface area contributed by atoms with Crippen LogP contribution >= 0.6 is 0 Å². The molecule has 0 atom stereocenters. The third kappa shape index (κ3) is 1.46. The average molecular weight is 243 g/mol. The molecule has 19 heavy (non-hydrogen) atoms. The topological polar surface area (TPSA) is 0 Å². The minimum absolute atomic E-state index is 0.00171. The van der Waals surface area contributed by atoms with Crippen LogP contribution in [0.15, 0.2) is 42.5 Å². The van der Waals surface area contributed by atoms with Crippen LogP contribution in [0.1, 0.15) is 25.0 Å². The maximum absolute atomic E-state index is 3.43. The van der Waals surface area contributed by atoms with E-state index in [4.69, 9.17) is 0 Å². The molecular formula is C19H15. The second-order valence-corrected chi connectivity index (χ2v) is 5.86. The molecule has 91 valence electrons. The molecule has 0 aliphatic heterocycles. The molecule has 0 bridgehead atoms. The molecule has 0 unspecified atom stereocenters. The number of fused-ring (bicyclic) bond motifs is 4. The molecular weight excluding hydrogens is 228 g/mol. The Morgan fingerprint density at radius 2 is 1.79 bits per heavy atom. The first-order valence-electron chi connectivity index (χ1n) is 6.72. The summed E-state index contributed by atoms with van der Waals surface area (Å²) in [7, 11) is 0. The zero-order valence-electron chi connectivity index (χ0n) is 11.2. The lowest BCUT2D eigenvalue weighted by Crippen LogP contribution is -2.29. The zero-order chi connectivity index (χ0) is 13.0. The van der Waals surface area contributed by atoms with Crippen LogP contribution in [0.5, 0.6) is 0 Å². The molecule has 0 saturated carbocycles. The van der Waals surface area contributed by atoms with E-state index in [2.05, 4.69) is 74.5 Å². The van der Waals surface area contributed by atoms with Crippen molar-refractivity contribution < 1.29 is 0 Å². The Kier molecular flexibility index (Phi) is 1.98. The van der Waals surface area contributed by atoms with Crippen LogP contribution in [0.4, 0.5) is 0 Å². The van der Waals surface area contributed by atoms with Crippen molar-refractivity contribution in [3.05, 3.63) is 70.1 Å². The molecule has 2 aliphatic carbocycles. The lowest BCUT2D eigenvalue weighted by atomic mass is 9.80. The fourth-order valence-electron chi connectivity index (χ4n) is 3.12. The second-order valence-electron chi connectivity index (χ2n) is 5.86. The van der Waals surface area contributed by atoms with Crippen molar-refractivity contribution in [2.45, 2.75) is 19.3 Å². The third-order valence-corrected chi connectivity index (χ3v) is 4.16. The summed E-state index contributed by atoms with van der Waals surface area (Å²) in [5.41, 5.74) is 5.41. The summed E-state index contributed by atoms with van der Waals surface area (Å²) in [5.74, 6) is 0. The monoisotopic (exact) mass is 243 g/mol. The van der Waals surface area contributed by atoms with Gasteiger partial charge in [0, 0.05) is 5.41 Å². The number of hydrogen-bond acceptors (Lipinski definition) is 0. The van der Waals surface area contributed by atoms with E-state index in [0.717, 1.165) is 0 Å². The molecule has 0 saturated heterocycles. The van der Waals surface area contributed by atoms with E-state index in [1.165, 1.54) is 32.7 Å². The molecule has 0 nitrogen and oxygen atoms in total. The molecule has 1 radical (unpaired) electrons. The summed E-state index contributed by atoms with van der Waals surface area (Å²) in [4.78, 5) is 0. The first-order valence-corrected chi connectivity index (χ1v) is 6.72. The van der Waals surface area contributed by atoms with Crippen molar-refractivity contribution in [3.63, 3.8) is 0 Å². The van der Waals surface area contributed by atoms with Gasteiger partial charge in [0.15, 0.2) is 0 Å². The SMILES string of the molecule is CC1(C)[C]=CC=c2cc3c(cc21)=Cc1ccccc1-3. The zero-order valence-corrected chi connectivity index (χ0v) is 11.2. The van der Waals surface area contributed by atoms with Crippen LogP contribution in [0.25, 0.3) is 23.3 Å². The van der Waals surface area contributed by atoms with Gasteiger partial charge in [-0.05, 0) is 57.0 Å². The maximum Gasteiger partial charge on any atom is 0.0155 e. The van der Waals surface area contributed by atoms with Gasteiger partial charge in [-0.25, -0.2) is 0 Å². The Balaban J connectivity index is 2.09. The van der Waals surface area contributed by atoms with Crippen molar-refractivity contribution >= 4 is 12.2 Å². The molecule has 4 rings (SSSR count). The van der Waals surface area contributed by atoms with Gasteiger partial charge in [-0.15, -0.1) is 0 Å². The lowest BCUT2D eigenvalue weighted by Gasteiger charge is -2.24. The molecule has 2 aromatic rings. The molecule has 0 heterocycles. The van der Waals surface area contributed by atoms with Crippen molar-refractivity contribution in [1.29, 1.82) is 0 Å². The summed E-state index contributed by atoms with van der Waals surface area (Å²) in [6.07, 6.45) is 9.95. The van der Waals surface area contributed by atoms with Crippen LogP contribution in [0, 0.1) is 6.08 Å². The molecule has 0 heteroatoms. The van der Waals surface area contributed by atoms with Gasteiger partial charge in [-0.3, -0.25) is 0 Å². The molecule has 0 fully saturated rings. The van der Waals surface area contributed by atoms with Crippen LogP contribution in [-0.4, -0.2) is 0 Å². The number of rotatable bonds is 0. The summed E-state index contributed by atoms with van der Waals surface area (Å²) < 4.78 is 0. The van der Waals surface area contributed by atoms with Gasteiger partial charge in [0.2, 0.25) is 0 Å². The molecule has 0 amide bonds. The summed E-state index contributed by atoms with van der Waals surface area (Å²) >= 11 is 0. The fraction of sp³-hybridized carbons (Fsp3) is 0.158. The normalized spacial score (nSPS) is 16.9. The van der Waals surface area contributed by atoms with Crippen LogP contribution in [0.2, 0.25) is 0 Å². The smallest absolute Gasteiger partial charge is 0.0155 e. The molecule has 0 spiro atoms. The van der Waals surface area contributed by atoms with Crippen LogP contribution in [0.3, 0.4) is 0 Å². The Morgan fingerprint density at radius 3 is 2.68 bits per heavy atom. The Bertz CT molecular complexity index is 833. The van der Waals surface area contributed by atoms with Crippen LogP contribution < -0.4 is 10.4 Å². The van der Waals surface area contributed by atoms with Crippen LogP contribution in [-0.2, 0) is 5.41 Å². The van der Waals surface area contributed by atoms with E-state index in [-0.39, 0.29) is 5.41 Å². The standard InChI is InChI=1S/C19H15/c1-19(2)9-5-7-14-11-17-15(12-18(14)19)10-13-6-3-4-8-16(13)17/h3-8,10-12H,1-2H3. The van der Waals surface area contributed by atoms with E-state index < -0.39 is 0 Å². The predicted molar refractivity (Wildman–Crippen MR) is 80.0 cm³/mol. The molecule has 0 N–H and O–H groups in total. The van der Waals surface area contributed by atoms with Crippen molar-refractivity contribution in [1.82, 2.24) is 0 Å². The summed E-state index contributed by atoms with van der Waals surface area (Å²) in [5, 5.41) is 2.66. The van der Waals surface area contributed by atoms with Crippen molar-refractivity contribution in [2.75, 3.05) is 0 Å². The highest BCUT2D eigenvalue weighted by Crippen LogP contribution is 2.28. The number of allylic oxidation sites excluding steroid dienone is 2. The maximum atomic E-state index is 3.43. The predicted octanol–water partition coefficient (Wildman–Crippen LogP) is 2.93. The van der Waals surface area contributed by atoms with Gasteiger partial charge in [0.25, 0.3) is 0 Å². The Hall–Kier alpha value is -2.08. The minimum atomic E-state index is 0.00171. The molecule has 0 aromatic heterocycles. The third-order valence-electron chi connectivity index (χ3n) is 4.16. The highest BCUT2D eigenvalue weighted by molar-refractivity contribution is 5.83. The van der Waals surface area contributed by atoms with Crippen molar-refractivity contribution in [2.24, 2.45) is 0 Å². The first kappa shape index (κ1) is 10.8. The van der Waals surface area contributed by atoms with E-state index in [1.807, 2.05) is 0 Å². The number of benzene rings is 2. The van der Waals surface area contributed by atoms with E-state index in [1.54, 1.807) is 0 Å². The number of hydrogen-bond donors (Lipinski definition) is 0. The molecule has 2 aliphatic rings. The van der Waals surface area contributed by atoms with E-state index >= 15 is 0 Å². The van der Waals surface area contributed by atoms with Gasteiger partial charge in [0.05, 0.1) is 0 Å². The van der Waals surface area contributed by atoms with Gasteiger partial charge < -0.3 is 0 Å². The quantitative estimate of drug-likeness (QED) is 0.569. The lowest BCUT2D eigenvalue weighted by molar-refractivity contribution is 0.640. The first-order chi connectivity index (χ1) is 9.15. The fourth-order valence-corrected chi connectivity index (χ4v) is 3.12. The van der Waals surface area contributed by atoms with E-state index in [0.29, 0.717) is 0 Å². The Morgan fingerprint density at radius 1 is 0.947 bits per heavy atom. The van der Waals surface area contributed by atoms with Crippen molar-refractivity contribution in [3.8, 4) is 11.1 Å². The Labute approximate surface area is 113 Å². The average Bonchev–Trinajstić information content (AvgIpc) is 2.75. The second kappa shape index (κ2) is 3.48. The summed E-state index contributed by atoms with van der Waals surface area (Å²) in [6.45, 7) is 4.45. The van der Waals surface area contributed by atoms with Gasteiger partial charge in [-0.1, -0.05) is 50.3 Å². The van der Waals surface area contributed by atoms with E-state index in [9.17, 15) is 0 Å². The van der Waals surface area contributed by atoms with Gasteiger partial charge in [0.1, 0.15) is 0 Å². The van der Waals surface area contributed by atoms with Gasteiger partial charge >= 0.3 is 0 Å². The van der Waals surface area contributed by atoms with Gasteiger partial charge in [-0.2, -0.15) is 0 Å². The highest BCUT2D eigenvalue weighted by atomic mass is 14.3. The largest absolute Gasteiger partial charge is 0.0616 e. The molecule has 2 aromatic carbocycles.